The van der Waals surface area contributed by atoms with Crippen LogP contribution >= 0.6 is 41.9 Å². The van der Waals surface area contributed by atoms with Gasteiger partial charge in [0.05, 0.1) is 20.9 Å². The van der Waals surface area contributed by atoms with E-state index in [1.54, 1.807) is 0 Å². The number of allylic oxidation sites excluding steroid dienone is 5. The Kier molecular flexibility index (Phi) is 10.7. The Morgan fingerprint density at radius 2 is 1.05 bits per heavy atom. The molecule has 1 heterocycles. The van der Waals surface area contributed by atoms with Crippen LogP contribution < -0.4 is 9.80 Å². The zero-order valence-electron chi connectivity index (χ0n) is 35.4. The van der Waals surface area contributed by atoms with Gasteiger partial charge in [0.25, 0.3) is 0 Å². The largest absolute Gasteiger partial charge is 0.331 e. The van der Waals surface area contributed by atoms with E-state index in [1.807, 2.05) is 0 Å². The first-order valence-corrected chi connectivity index (χ1v) is 25.4. The topological polar surface area (TPSA) is 6.48 Å². The zero-order valence-corrected chi connectivity index (χ0v) is 39.4. The van der Waals surface area contributed by atoms with Crippen LogP contribution in [0.5, 0.6) is 0 Å². The van der Waals surface area contributed by atoms with Gasteiger partial charge in [0, 0.05) is 53.6 Å². The SMILES string of the molecule is CC1(N(c2ccccc2)c2ccc3c(c2)S(c2ccccc2)(c2ccccc2)c2cc(N(c4ccccc4)c4cccc5ccccc45)ccc2C(Br)C3Br)C=CC=C2C=CC=CC21. The van der Waals surface area contributed by atoms with Crippen molar-refractivity contribution in [1.82, 2.24) is 0 Å². The molecule has 4 atom stereocenters. The van der Waals surface area contributed by atoms with E-state index in [1.165, 1.54) is 47.1 Å². The first-order valence-electron chi connectivity index (χ1n) is 21.9. The predicted molar refractivity (Wildman–Crippen MR) is 278 cm³/mol. The van der Waals surface area contributed by atoms with Crippen LogP contribution in [-0.4, -0.2) is 5.54 Å². The second-order valence-electron chi connectivity index (χ2n) is 16.8. The summed E-state index contributed by atoms with van der Waals surface area (Å²) in [6, 6.07) is 74.3. The lowest BCUT2D eigenvalue weighted by Gasteiger charge is -2.48. The molecule has 0 radical (unpaired) electrons. The molecule has 0 saturated heterocycles. The van der Waals surface area contributed by atoms with Gasteiger partial charge in [-0.15, -0.1) is 10.0 Å². The third-order valence-electron chi connectivity index (χ3n) is 13.1. The minimum absolute atomic E-state index is 0.0254. The molecule has 0 bridgehead atoms. The van der Waals surface area contributed by atoms with E-state index in [0.29, 0.717) is 0 Å². The molecule has 312 valence electrons. The fourth-order valence-corrected chi connectivity index (χ4v) is 16.3. The van der Waals surface area contributed by atoms with Gasteiger partial charge in [0.15, 0.2) is 0 Å². The van der Waals surface area contributed by atoms with Gasteiger partial charge < -0.3 is 9.80 Å². The maximum absolute atomic E-state index is 4.36. The van der Waals surface area contributed by atoms with Gasteiger partial charge in [-0.3, -0.25) is 0 Å². The molecule has 2 nitrogen and oxygen atoms in total. The smallest absolute Gasteiger partial charge is 0.0711 e. The van der Waals surface area contributed by atoms with Crippen molar-refractivity contribution in [3.8, 4) is 0 Å². The van der Waals surface area contributed by atoms with Gasteiger partial charge in [0.2, 0.25) is 0 Å². The summed E-state index contributed by atoms with van der Waals surface area (Å²) in [5.74, 6) is 0.152. The summed E-state index contributed by atoms with van der Waals surface area (Å²) in [6.07, 6.45) is 15.9. The van der Waals surface area contributed by atoms with E-state index in [4.69, 9.17) is 0 Å². The number of halogens is 2. The van der Waals surface area contributed by atoms with E-state index < -0.39 is 15.6 Å². The van der Waals surface area contributed by atoms with Crippen molar-refractivity contribution in [3.63, 3.8) is 0 Å². The minimum atomic E-state index is -2.22. The molecule has 5 heteroatoms. The quantitative estimate of drug-likeness (QED) is 0.140. The maximum atomic E-state index is 4.36. The molecule has 4 unspecified atom stereocenters. The first kappa shape index (κ1) is 40.7. The van der Waals surface area contributed by atoms with E-state index >= 15 is 0 Å². The Balaban J connectivity index is 1.23. The normalized spacial score (nSPS) is 20.9. The Hall–Kier alpha value is -6.11. The van der Waals surface area contributed by atoms with Crippen molar-refractivity contribution in [1.29, 1.82) is 0 Å². The lowest BCUT2D eigenvalue weighted by atomic mass is 9.73. The van der Waals surface area contributed by atoms with Gasteiger partial charge >= 0.3 is 0 Å². The molecule has 11 rings (SSSR count). The van der Waals surface area contributed by atoms with Crippen LogP contribution in [0.25, 0.3) is 10.8 Å². The molecular weight excluding hydrogens is 929 g/mol. The minimum Gasteiger partial charge on any atom is -0.331 e. The van der Waals surface area contributed by atoms with E-state index in [2.05, 4.69) is 291 Å². The lowest BCUT2D eigenvalue weighted by Crippen LogP contribution is -2.49. The molecule has 1 aliphatic heterocycles. The molecule has 3 aliphatic rings. The molecule has 0 fully saturated rings. The third kappa shape index (κ3) is 6.67. The van der Waals surface area contributed by atoms with Crippen LogP contribution in [0.1, 0.15) is 27.7 Å². The van der Waals surface area contributed by atoms with Crippen molar-refractivity contribution in [2.45, 2.75) is 41.7 Å². The highest BCUT2D eigenvalue weighted by Crippen LogP contribution is 2.78. The van der Waals surface area contributed by atoms with Crippen LogP contribution in [0, 0.1) is 5.92 Å². The van der Waals surface area contributed by atoms with Crippen molar-refractivity contribution >= 4 is 81.1 Å². The van der Waals surface area contributed by atoms with Gasteiger partial charge in [0.1, 0.15) is 0 Å². The summed E-state index contributed by atoms with van der Waals surface area (Å²) < 4.78 is 0. The van der Waals surface area contributed by atoms with Gasteiger partial charge in [-0.2, -0.15) is 0 Å². The molecule has 0 amide bonds. The average molecular weight is 975 g/mol. The third-order valence-corrected chi connectivity index (χ3v) is 19.9. The van der Waals surface area contributed by atoms with Crippen LogP contribution in [0.4, 0.5) is 28.4 Å². The van der Waals surface area contributed by atoms with Crippen molar-refractivity contribution in [2.75, 3.05) is 9.80 Å². The summed E-state index contributed by atoms with van der Waals surface area (Å²) >= 11 is 8.72. The summed E-state index contributed by atoms with van der Waals surface area (Å²) in [5.41, 5.74) is 9.11. The molecule has 0 aromatic heterocycles. The van der Waals surface area contributed by atoms with Crippen LogP contribution in [-0.2, 0) is 0 Å². The van der Waals surface area contributed by atoms with E-state index in [-0.39, 0.29) is 15.6 Å². The van der Waals surface area contributed by atoms with E-state index in [9.17, 15) is 0 Å². The summed E-state index contributed by atoms with van der Waals surface area (Å²) in [5, 5.41) is 2.41. The number of alkyl halides is 2. The number of hydrogen-bond acceptors (Lipinski definition) is 2. The Labute approximate surface area is 395 Å². The number of fused-ring (bicyclic) bond motifs is 4. The standard InChI is InChI=1S/C59H46Br2N2S/c1-59(39-19-23-43-21-15-17-33-53(43)59)63(45-26-8-3-9-27-45)47-36-38-52-56(41-47)64(48-28-10-4-11-29-48,49-30-12-5-13-31-49)55-40-46(35-37-51(55)57(60)58(52)61)62(44-24-6-2-7-25-44)54-34-18-22-42-20-14-16-32-50(42)54/h2-41,53,57-58H,1H3. The van der Waals surface area contributed by atoms with Crippen LogP contribution in [0.3, 0.4) is 0 Å². The predicted octanol–water partition coefficient (Wildman–Crippen LogP) is 17.7. The molecule has 0 saturated carbocycles. The number of para-hydroxylation sites is 2. The van der Waals surface area contributed by atoms with Crippen LogP contribution in [0.15, 0.2) is 268 Å². The number of rotatable bonds is 8. The van der Waals surface area contributed by atoms with Crippen LogP contribution in [0.2, 0.25) is 0 Å². The highest BCUT2D eigenvalue weighted by atomic mass is 79.9. The molecule has 0 N–H and O–H groups in total. The fraction of sp³-hybridized carbons (Fsp3) is 0.0847. The maximum Gasteiger partial charge on any atom is 0.0711 e. The molecule has 8 aromatic rings. The van der Waals surface area contributed by atoms with Crippen molar-refractivity contribution in [3.05, 3.63) is 259 Å². The molecule has 2 aliphatic carbocycles. The van der Waals surface area contributed by atoms with E-state index in [0.717, 1.165) is 28.4 Å². The number of hydrogen-bond donors (Lipinski definition) is 0. The monoisotopic (exact) mass is 972 g/mol. The molecular formula is C59H46Br2N2S. The summed E-state index contributed by atoms with van der Waals surface area (Å²) in [7, 11) is -2.22. The van der Waals surface area contributed by atoms with Gasteiger partial charge in [-0.1, -0.05) is 196 Å². The molecule has 8 aromatic carbocycles. The molecule has 0 spiro atoms. The van der Waals surface area contributed by atoms with Crippen molar-refractivity contribution < 1.29 is 0 Å². The second-order valence-corrected chi connectivity index (χ2v) is 21.8. The number of benzene rings is 8. The summed E-state index contributed by atoms with van der Waals surface area (Å²) in [6.45, 7) is 2.40. The summed E-state index contributed by atoms with van der Waals surface area (Å²) in [4.78, 5) is 10.2. The average Bonchev–Trinajstić information content (AvgIpc) is 3.43. The highest BCUT2D eigenvalue weighted by molar-refractivity contribution is 9.12. The number of nitrogens with zero attached hydrogens (tertiary/aromatic N) is 2. The fourth-order valence-electron chi connectivity index (χ4n) is 10.2. The molecule has 64 heavy (non-hydrogen) atoms. The first-order chi connectivity index (χ1) is 31.5. The van der Waals surface area contributed by atoms with Gasteiger partial charge in [-0.05, 0) is 108 Å². The van der Waals surface area contributed by atoms with Crippen molar-refractivity contribution in [2.24, 2.45) is 5.92 Å². The van der Waals surface area contributed by atoms with Gasteiger partial charge in [-0.25, -0.2) is 0 Å². The number of anilines is 5. The zero-order chi connectivity index (χ0) is 43.3. The highest BCUT2D eigenvalue weighted by Gasteiger charge is 2.46. The Bertz CT molecular complexity index is 3080. The second kappa shape index (κ2) is 16.8. The lowest BCUT2D eigenvalue weighted by molar-refractivity contribution is 0.467. The Morgan fingerprint density at radius 3 is 1.70 bits per heavy atom. The Morgan fingerprint density at radius 1 is 0.500 bits per heavy atom.